The number of amides is 2. The van der Waals surface area contributed by atoms with Crippen LogP contribution in [-0.4, -0.2) is 70.8 Å². The van der Waals surface area contributed by atoms with Crippen molar-refractivity contribution in [2.45, 2.75) is 57.2 Å². The summed E-state index contributed by atoms with van der Waals surface area (Å²) in [6.07, 6.45) is -8.07. The van der Waals surface area contributed by atoms with E-state index in [9.17, 15) is 35.9 Å². The Morgan fingerprint density at radius 3 is 1.71 bits per heavy atom. The number of hydrogen-bond donors (Lipinski definition) is 7. The Balaban J connectivity index is 0.000000780. The third-order valence-corrected chi connectivity index (χ3v) is 6.82. The molecule has 0 saturated carbocycles. The molecule has 0 unspecified atom stereocenters. The number of halogens is 7. The van der Waals surface area contributed by atoms with Gasteiger partial charge in [-0.05, 0) is 61.6 Å². The molecule has 0 spiro atoms. The van der Waals surface area contributed by atoms with Gasteiger partial charge in [0.15, 0.2) is 0 Å². The maximum atomic E-state index is 13.1. The molecule has 51 heavy (non-hydrogen) atoms. The first-order valence-corrected chi connectivity index (χ1v) is 15.2. The molecule has 0 aromatic heterocycles. The lowest BCUT2D eigenvalue weighted by Gasteiger charge is -2.21. The third kappa shape index (κ3) is 18.4. The quantitative estimate of drug-likeness (QED) is 0.0733. The Morgan fingerprint density at radius 1 is 0.765 bits per heavy atom. The molecular formula is C33H36ClF6N5O6. The molecular weight excluding hydrogens is 712 g/mol. The van der Waals surface area contributed by atoms with E-state index in [1.165, 1.54) is 0 Å². The van der Waals surface area contributed by atoms with Crippen LogP contribution < -0.4 is 21.7 Å². The molecule has 0 saturated heterocycles. The number of carboxylic acid groups (broad SMARTS) is 2. The number of nitrogen functional groups attached to an aromatic ring is 1. The fraction of sp³-hybridized carbons (Fsp3) is 0.303. The number of nitrogens with two attached hydrogens (primary N) is 1. The molecule has 0 radical (unpaired) electrons. The van der Waals surface area contributed by atoms with Crippen LogP contribution in [0.25, 0.3) is 0 Å². The Morgan fingerprint density at radius 2 is 1.24 bits per heavy atom. The maximum absolute atomic E-state index is 13.1. The number of hydrogen-bond acceptors (Lipinski definition) is 6. The highest BCUT2D eigenvalue weighted by atomic mass is 35.5. The summed E-state index contributed by atoms with van der Waals surface area (Å²) < 4.78 is 63.5. The molecule has 0 fully saturated rings. The molecule has 8 N–H and O–H groups in total. The van der Waals surface area contributed by atoms with Gasteiger partial charge in [0.05, 0.1) is 6.04 Å². The SMILES string of the molecule is C[C@H](NC(=O)[C@@H](CCc1ccccc1)NCCc1ccc(Cl)cc1)C(=O)NCc1ccc(C(=N)N)cc1.O=C(O)C(F)(F)F.O=C(O)C(F)(F)F. The van der Waals surface area contributed by atoms with Crippen molar-refractivity contribution in [3.63, 3.8) is 0 Å². The molecule has 2 amide bonds. The number of carbonyl (C=O) groups excluding carboxylic acids is 2. The van der Waals surface area contributed by atoms with Gasteiger partial charge in [-0.15, -0.1) is 0 Å². The monoisotopic (exact) mass is 747 g/mol. The molecule has 3 aromatic carbocycles. The van der Waals surface area contributed by atoms with Gasteiger partial charge in [-0.1, -0.05) is 78.3 Å². The van der Waals surface area contributed by atoms with Gasteiger partial charge >= 0.3 is 24.3 Å². The minimum absolute atomic E-state index is 0.00415. The van der Waals surface area contributed by atoms with E-state index in [2.05, 4.69) is 16.0 Å². The van der Waals surface area contributed by atoms with Gasteiger partial charge in [-0.25, -0.2) is 9.59 Å². The molecule has 0 heterocycles. The zero-order chi connectivity index (χ0) is 38.8. The van der Waals surface area contributed by atoms with Crippen molar-refractivity contribution in [2.75, 3.05) is 6.54 Å². The summed E-state index contributed by atoms with van der Waals surface area (Å²) in [7, 11) is 0. The maximum Gasteiger partial charge on any atom is 0.490 e. The first-order valence-electron chi connectivity index (χ1n) is 14.8. The number of carbonyl (C=O) groups is 4. The van der Waals surface area contributed by atoms with Crippen molar-refractivity contribution in [1.82, 2.24) is 16.0 Å². The topological polar surface area (TPSA) is 195 Å². The van der Waals surface area contributed by atoms with Crippen LogP contribution in [0.15, 0.2) is 78.9 Å². The fourth-order valence-electron chi connectivity index (χ4n) is 3.85. The number of carboxylic acids is 2. The normalized spacial score (nSPS) is 12.1. The second-order valence-electron chi connectivity index (χ2n) is 10.6. The van der Waals surface area contributed by atoms with E-state index in [4.69, 9.17) is 42.5 Å². The van der Waals surface area contributed by atoms with Crippen molar-refractivity contribution in [3.8, 4) is 0 Å². The van der Waals surface area contributed by atoms with E-state index in [1.807, 2.05) is 66.7 Å². The van der Waals surface area contributed by atoms with Gasteiger partial charge in [-0.2, -0.15) is 26.3 Å². The summed E-state index contributed by atoms with van der Waals surface area (Å²) in [6.45, 7) is 2.60. The predicted octanol–water partition coefficient (Wildman–Crippen LogP) is 4.85. The number of nitrogens with one attached hydrogen (secondary N) is 4. The zero-order valence-corrected chi connectivity index (χ0v) is 27.7. The van der Waals surface area contributed by atoms with Crippen molar-refractivity contribution < 1.29 is 55.7 Å². The summed E-state index contributed by atoms with van der Waals surface area (Å²) in [5, 5.41) is 31.5. The van der Waals surface area contributed by atoms with E-state index in [1.54, 1.807) is 19.1 Å². The van der Waals surface area contributed by atoms with E-state index in [-0.39, 0.29) is 17.6 Å². The van der Waals surface area contributed by atoms with Gasteiger partial charge in [0, 0.05) is 17.1 Å². The lowest BCUT2D eigenvalue weighted by atomic mass is 10.0. The van der Waals surface area contributed by atoms with Gasteiger partial charge < -0.3 is 31.9 Å². The lowest BCUT2D eigenvalue weighted by molar-refractivity contribution is -0.193. The van der Waals surface area contributed by atoms with Crippen molar-refractivity contribution >= 4 is 41.2 Å². The van der Waals surface area contributed by atoms with Crippen LogP contribution in [0.3, 0.4) is 0 Å². The average molecular weight is 748 g/mol. The van der Waals surface area contributed by atoms with Crippen LogP contribution in [-0.2, 0) is 38.6 Å². The molecule has 3 rings (SSSR count). The lowest BCUT2D eigenvalue weighted by Crippen LogP contribution is -2.52. The highest BCUT2D eigenvalue weighted by Crippen LogP contribution is 2.14. The second kappa shape index (κ2) is 21.1. The standard InChI is InChI=1S/C29H34ClN5O2.2C2HF3O2/c1-20(28(36)34-19-23-7-12-24(13-8-23)27(31)32)35-29(37)26(16-11-21-5-3-2-4-6-21)33-18-17-22-9-14-25(30)15-10-22;2*3-2(4,5)1(6)7/h2-10,12-15,20,26,33H,11,16-19H2,1H3,(H3,31,32)(H,34,36)(H,35,37);2*(H,6,7)/t20-,26+;;/m0../s1. The Hall–Kier alpha value is -5.16. The predicted molar refractivity (Wildman–Crippen MR) is 176 cm³/mol. The Labute approximate surface area is 293 Å². The zero-order valence-electron chi connectivity index (χ0n) is 26.9. The average Bonchev–Trinajstić information content (AvgIpc) is 3.06. The molecule has 11 nitrogen and oxygen atoms in total. The number of alkyl halides is 6. The van der Waals surface area contributed by atoms with Crippen molar-refractivity contribution in [1.29, 1.82) is 5.41 Å². The smallest absolute Gasteiger partial charge is 0.475 e. The molecule has 278 valence electrons. The summed E-state index contributed by atoms with van der Waals surface area (Å²) in [5.41, 5.74) is 9.26. The number of amidine groups is 1. The summed E-state index contributed by atoms with van der Waals surface area (Å²) in [5.74, 6) is -6.00. The van der Waals surface area contributed by atoms with Gasteiger partial charge in [0.25, 0.3) is 0 Å². The molecule has 0 aliphatic rings. The molecule has 0 aliphatic carbocycles. The van der Waals surface area contributed by atoms with Crippen LogP contribution in [0.4, 0.5) is 26.3 Å². The number of aliphatic carboxylic acids is 2. The Bertz CT molecular complexity index is 1550. The second-order valence-corrected chi connectivity index (χ2v) is 11.0. The van der Waals surface area contributed by atoms with Crippen LogP contribution in [0, 0.1) is 5.41 Å². The Kier molecular flexibility index (Phi) is 18.2. The third-order valence-electron chi connectivity index (χ3n) is 6.57. The fourth-order valence-corrected chi connectivity index (χ4v) is 3.97. The molecule has 18 heteroatoms. The molecule has 2 atom stereocenters. The van der Waals surface area contributed by atoms with E-state index < -0.39 is 36.4 Å². The highest BCUT2D eigenvalue weighted by molar-refractivity contribution is 6.30. The van der Waals surface area contributed by atoms with Crippen molar-refractivity contribution in [2.24, 2.45) is 5.73 Å². The van der Waals surface area contributed by atoms with Crippen molar-refractivity contribution in [3.05, 3.63) is 106 Å². The van der Waals surface area contributed by atoms with Gasteiger partial charge in [0.1, 0.15) is 11.9 Å². The first-order chi connectivity index (χ1) is 23.7. The molecule has 3 aromatic rings. The highest BCUT2D eigenvalue weighted by Gasteiger charge is 2.38. The van der Waals surface area contributed by atoms with E-state index in [0.29, 0.717) is 30.1 Å². The van der Waals surface area contributed by atoms with Crippen LogP contribution in [0.2, 0.25) is 5.02 Å². The van der Waals surface area contributed by atoms with Gasteiger partial charge in [0.2, 0.25) is 11.8 Å². The molecule has 0 aliphatic heterocycles. The minimum Gasteiger partial charge on any atom is -0.475 e. The van der Waals surface area contributed by atoms with Crippen LogP contribution in [0.1, 0.15) is 35.6 Å². The van der Waals surface area contributed by atoms with Crippen LogP contribution >= 0.6 is 11.6 Å². The number of rotatable bonds is 13. The number of benzene rings is 3. The first kappa shape index (κ1) is 43.9. The summed E-state index contributed by atoms with van der Waals surface area (Å²) in [4.78, 5) is 43.6. The molecule has 0 bridgehead atoms. The summed E-state index contributed by atoms with van der Waals surface area (Å²) >= 11 is 5.97. The van der Waals surface area contributed by atoms with Gasteiger partial charge in [-0.3, -0.25) is 15.0 Å². The van der Waals surface area contributed by atoms with Crippen LogP contribution in [0.5, 0.6) is 0 Å². The minimum atomic E-state index is -5.08. The summed E-state index contributed by atoms with van der Waals surface area (Å²) in [6, 6.07) is 23.6. The number of aryl methyl sites for hydroxylation is 1. The van der Waals surface area contributed by atoms with E-state index >= 15 is 0 Å². The largest absolute Gasteiger partial charge is 0.490 e. The van der Waals surface area contributed by atoms with E-state index in [0.717, 1.165) is 29.5 Å².